The van der Waals surface area contributed by atoms with Crippen LogP contribution in [0.4, 0.5) is 0 Å². The highest BCUT2D eigenvalue weighted by Crippen LogP contribution is 2.30. The third-order valence-electron chi connectivity index (χ3n) is 2.19. The van der Waals surface area contributed by atoms with Crippen molar-refractivity contribution in [1.29, 1.82) is 0 Å². The molecule has 0 spiro atoms. The van der Waals surface area contributed by atoms with Gasteiger partial charge in [-0.3, -0.25) is 0 Å². The molecule has 1 aromatic carbocycles. The summed E-state index contributed by atoms with van der Waals surface area (Å²) in [7, 11) is 1.70. The van der Waals surface area contributed by atoms with Gasteiger partial charge in [0.05, 0.1) is 11.1 Å². The Labute approximate surface area is 106 Å². The van der Waals surface area contributed by atoms with Crippen LogP contribution in [-0.2, 0) is 4.74 Å². The molecule has 0 radical (unpaired) electrons. The van der Waals surface area contributed by atoms with Crippen molar-refractivity contribution >= 4 is 23.4 Å². The lowest BCUT2D eigenvalue weighted by Gasteiger charge is -2.08. The number of aliphatic hydroxyl groups excluding tert-OH is 1. The molecule has 4 heteroatoms. The number of thioether (sulfide) groups is 1. The van der Waals surface area contributed by atoms with Crippen LogP contribution in [0.3, 0.4) is 0 Å². The van der Waals surface area contributed by atoms with Gasteiger partial charge in [-0.2, -0.15) is 0 Å². The highest BCUT2D eigenvalue weighted by atomic mass is 35.5. The smallest absolute Gasteiger partial charge is 0.0762 e. The van der Waals surface area contributed by atoms with Gasteiger partial charge >= 0.3 is 0 Å². The second kappa shape index (κ2) is 7.17. The molecule has 0 saturated carbocycles. The van der Waals surface area contributed by atoms with Crippen LogP contribution in [0.2, 0.25) is 5.02 Å². The number of hydrogen-bond acceptors (Lipinski definition) is 3. The molecule has 1 N–H and O–H groups in total. The van der Waals surface area contributed by atoms with Crippen molar-refractivity contribution in [3.8, 4) is 0 Å². The number of aliphatic hydroxyl groups is 1. The summed E-state index contributed by atoms with van der Waals surface area (Å²) < 4.78 is 4.98. The number of benzene rings is 1. The molecule has 0 aliphatic rings. The van der Waals surface area contributed by atoms with Gasteiger partial charge in [-0.1, -0.05) is 17.7 Å². The molecule has 0 aromatic heterocycles. The highest BCUT2D eigenvalue weighted by Gasteiger charge is 2.05. The molecule has 0 heterocycles. The number of ether oxygens (including phenoxy) is 1. The zero-order valence-corrected chi connectivity index (χ0v) is 11.1. The average molecular weight is 261 g/mol. The maximum absolute atomic E-state index is 9.40. The summed E-state index contributed by atoms with van der Waals surface area (Å²) in [5.41, 5.74) is 0.853. The third-order valence-corrected chi connectivity index (χ3v) is 3.77. The normalized spacial score (nSPS) is 12.8. The summed E-state index contributed by atoms with van der Waals surface area (Å²) in [6.45, 7) is 2.51. The SMILES string of the molecule is COCCCSc1ccc([C@@H](C)O)cc1Cl. The molecule has 16 heavy (non-hydrogen) atoms. The molecule has 0 fully saturated rings. The van der Waals surface area contributed by atoms with Crippen LogP contribution < -0.4 is 0 Å². The highest BCUT2D eigenvalue weighted by molar-refractivity contribution is 7.99. The fraction of sp³-hybridized carbons (Fsp3) is 0.500. The molecule has 0 amide bonds. The Kier molecular flexibility index (Phi) is 6.21. The summed E-state index contributed by atoms with van der Waals surface area (Å²) in [4.78, 5) is 1.06. The van der Waals surface area contributed by atoms with E-state index < -0.39 is 6.10 Å². The summed E-state index contributed by atoms with van der Waals surface area (Å²) in [5, 5.41) is 10.1. The lowest BCUT2D eigenvalue weighted by Crippen LogP contribution is -1.92. The summed E-state index contributed by atoms with van der Waals surface area (Å²) >= 11 is 7.84. The fourth-order valence-corrected chi connectivity index (χ4v) is 2.48. The van der Waals surface area contributed by atoms with Crippen molar-refractivity contribution in [1.82, 2.24) is 0 Å². The second-order valence-corrected chi connectivity index (χ2v) is 5.10. The van der Waals surface area contributed by atoms with Crippen molar-refractivity contribution < 1.29 is 9.84 Å². The minimum absolute atomic E-state index is 0.468. The van der Waals surface area contributed by atoms with Gasteiger partial charge in [-0.25, -0.2) is 0 Å². The second-order valence-electron chi connectivity index (χ2n) is 3.56. The quantitative estimate of drug-likeness (QED) is 0.627. The third kappa shape index (κ3) is 4.34. The van der Waals surface area contributed by atoms with Gasteiger partial charge in [-0.15, -0.1) is 11.8 Å². The van der Waals surface area contributed by atoms with E-state index in [4.69, 9.17) is 16.3 Å². The Balaban J connectivity index is 2.54. The van der Waals surface area contributed by atoms with Crippen molar-refractivity contribution in [2.75, 3.05) is 19.5 Å². The van der Waals surface area contributed by atoms with Gasteiger partial charge in [0.2, 0.25) is 0 Å². The van der Waals surface area contributed by atoms with E-state index in [1.807, 2.05) is 18.2 Å². The first-order chi connectivity index (χ1) is 7.65. The minimum Gasteiger partial charge on any atom is -0.389 e. The van der Waals surface area contributed by atoms with Gasteiger partial charge in [-0.05, 0) is 31.0 Å². The van der Waals surface area contributed by atoms with Crippen molar-refractivity contribution in [3.63, 3.8) is 0 Å². The van der Waals surface area contributed by atoms with Crippen molar-refractivity contribution in [2.24, 2.45) is 0 Å². The lowest BCUT2D eigenvalue weighted by atomic mass is 10.1. The van der Waals surface area contributed by atoms with Gasteiger partial charge < -0.3 is 9.84 Å². The summed E-state index contributed by atoms with van der Waals surface area (Å²) in [6.07, 6.45) is 0.542. The zero-order valence-electron chi connectivity index (χ0n) is 9.57. The van der Waals surface area contributed by atoms with Crippen LogP contribution in [0.1, 0.15) is 25.0 Å². The first-order valence-electron chi connectivity index (χ1n) is 5.24. The number of rotatable bonds is 6. The molecular weight excluding hydrogens is 244 g/mol. The van der Waals surface area contributed by atoms with Crippen LogP contribution >= 0.6 is 23.4 Å². The molecule has 1 rings (SSSR count). The van der Waals surface area contributed by atoms with Gasteiger partial charge in [0.15, 0.2) is 0 Å². The topological polar surface area (TPSA) is 29.5 Å². The van der Waals surface area contributed by atoms with E-state index in [2.05, 4.69) is 0 Å². The van der Waals surface area contributed by atoms with Crippen LogP contribution in [0.5, 0.6) is 0 Å². The number of hydrogen-bond donors (Lipinski definition) is 1. The fourth-order valence-electron chi connectivity index (χ4n) is 1.28. The minimum atomic E-state index is -0.468. The van der Waals surface area contributed by atoms with Crippen LogP contribution in [0, 0.1) is 0 Å². The Hall–Kier alpha value is -0.220. The first-order valence-corrected chi connectivity index (χ1v) is 6.60. The number of halogens is 1. The maximum Gasteiger partial charge on any atom is 0.0762 e. The van der Waals surface area contributed by atoms with E-state index in [9.17, 15) is 5.11 Å². The summed E-state index contributed by atoms with van der Waals surface area (Å²) in [6, 6.07) is 5.70. The monoisotopic (exact) mass is 260 g/mol. The Morgan fingerprint density at radius 2 is 2.25 bits per heavy atom. The largest absolute Gasteiger partial charge is 0.389 e. The standard InChI is InChI=1S/C12H17ClO2S/c1-9(14)10-4-5-12(11(13)8-10)16-7-3-6-15-2/h4-5,8-9,14H,3,6-7H2,1-2H3/t9-/m1/s1. The van der Waals surface area contributed by atoms with Gasteiger partial charge in [0.25, 0.3) is 0 Å². The van der Waals surface area contributed by atoms with E-state index in [1.165, 1.54) is 0 Å². The Morgan fingerprint density at radius 3 is 2.81 bits per heavy atom. The van der Waals surface area contributed by atoms with E-state index in [1.54, 1.807) is 25.8 Å². The van der Waals surface area contributed by atoms with Crippen LogP contribution in [0.15, 0.2) is 23.1 Å². The van der Waals surface area contributed by atoms with Crippen molar-refractivity contribution in [2.45, 2.75) is 24.3 Å². The number of methoxy groups -OCH3 is 1. The molecule has 0 unspecified atom stereocenters. The summed E-state index contributed by atoms with van der Waals surface area (Å²) in [5.74, 6) is 0.988. The van der Waals surface area contributed by atoms with E-state index in [0.717, 1.165) is 29.2 Å². The van der Waals surface area contributed by atoms with Crippen LogP contribution in [-0.4, -0.2) is 24.6 Å². The molecule has 0 aliphatic heterocycles. The van der Waals surface area contributed by atoms with Crippen molar-refractivity contribution in [3.05, 3.63) is 28.8 Å². The molecule has 90 valence electrons. The molecule has 0 saturated heterocycles. The maximum atomic E-state index is 9.40. The van der Waals surface area contributed by atoms with Crippen LogP contribution in [0.25, 0.3) is 0 Å². The molecule has 2 nitrogen and oxygen atoms in total. The Bertz CT molecular complexity index is 329. The van der Waals surface area contributed by atoms with E-state index in [-0.39, 0.29) is 0 Å². The molecule has 1 aromatic rings. The van der Waals surface area contributed by atoms with Gasteiger partial charge in [0, 0.05) is 24.4 Å². The lowest BCUT2D eigenvalue weighted by molar-refractivity contribution is 0.199. The average Bonchev–Trinajstić information content (AvgIpc) is 2.26. The molecular formula is C12H17ClO2S. The van der Waals surface area contributed by atoms with E-state index in [0.29, 0.717) is 5.02 Å². The molecule has 0 aliphatic carbocycles. The zero-order chi connectivity index (χ0) is 12.0. The van der Waals surface area contributed by atoms with E-state index >= 15 is 0 Å². The Morgan fingerprint density at radius 1 is 1.50 bits per heavy atom. The molecule has 0 bridgehead atoms. The molecule has 1 atom stereocenters. The first kappa shape index (κ1) is 13.8. The predicted molar refractivity (Wildman–Crippen MR) is 69.3 cm³/mol. The predicted octanol–water partition coefficient (Wildman–Crippen LogP) is 3.52. The van der Waals surface area contributed by atoms with Gasteiger partial charge in [0.1, 0.15) is 0 Å².